The van der Waals surface area contributed by atoms with E-state index in [-0.39, 0.29) is 0 Å². The number of nitrogens with two attached hydrogens (primary N) is 1. The van der Waals surface area contributed by atoms with Crippen molar-refractivity contribution < 1.29 is 4.74 Å². The van der Waals surface area contributed by atoms with Gasteiger partial charge < -0.3 is 10.5 Å². The van der Waals surface area contributed by atoms with Gasteiger partial charge in [0, 0.05) is 6.07 Å². The van der Waals surface area contributed by atoms with Crippen LogP contribution in [0.25, 0.3) is 10.8 Å². The minimum Gasteiger partial charge on any atom is -0.456 e. The lowest BCUT2D eigenvalue weighted by Gasteiger charge is -2.13. The molecule has 0 aromatic heterocycles. The Morgan fingerprint density at radius 2 is 1.81 bits per heavy atom. The van der Waals surface area contributed by atoms with Gasteiger partial charge in [0.2, 0.25) is 0 Å². The summed E-state index contributed by atoms with van der Waals surface area (Å²) >= 11 is 9.68. The Morgan fingerprint density at radius 1 is 1.05 bits per heavy atom. The molecule has 2 nitrogen and oxygen atoms in total. The molecule has 0 radical (unpaired) electrons. The smallest absolute Gasteiger partial charge is 0.142 e. The third-order valence-electron chi connectivity index (χ3n) is 3.34. The molecule has 106 valence electrons. The average molecular weight is 363 g/mol. The zero-order valence-electron chi connectivity index (χ0n) is 11.4. The maximum atomic E-state index is 6.07. The fourth-order valence-electron chi connectivity index (χ4n) is 2.21. The van der Waals surface area contributed by atoms with Gasteiger partial charge in [-0.05, 0) is 51.3 Å². The third-order valence-corrected chi connectivity index (χ3v) is 4.49. The molecule has 0 heterocycles. The van der Waals surface area contributed by atoms with Crippen LogP contribution in [0, 0.1) is 6.92 Å². The standard InChI is InChI=1S/C17H13BrClNO/c1-10-8-14(20)13(19)9-16(10)21-15-7-6-11-4-2-3-5-12(11)17(15)18/h2-9H,20H2,1H3. The summed E-state index contributed by atoms with van der Waals surface area (Å²) in [6, 6.07) is 15.7. The van der Waals surface area contributed by atoms with E-state index in [1.807, 2.05) is 37.3 Å². The Hall–Kier alpha value is -1.71. The van der Waals surface area contributed by atoms with E-state index in [2.05, 4.69) is 28.1 Å². The summed E-state index contributed by atoms with van der Waals surface area (Å²) in [5.41, 5.74) is 7.29. The van der Waals surface area contributed by atoms with Crippen LogP contribution in [0.1, 0.15) is 5.56 Å². The van der Waals surface area contributed by atoms with Crippen molar-refractivity contribution in [2.75, 3.05) is 5.73 Å². The first-order valence-corrected chi connectivity index (χ1v) is 7.64. The number of nitrogen functional groups attached to an aromatic ring is 1. The van der Waals surface area contributed by atoms with E-state index in [0.717, 1.165) is 26.6 Å². The van der Waals surface area contributed by atoms with Crippen LogP contribution in [0.2, 0.25) is 5.02 Å². The van der Waals surface area contributed by atoms with Crippen molar-refractivity contribution in [2.45, 2.75) is 6.92 Å². The largest absolute Gasteiger partial charge is 0.456 e. The first-order valence-electron chi connectivity index (χ1n) is 6.47. The van der Waals surface area contributed by atoms with E-state index in [9.17, 15) is 0 Å². The van der Waals surface area contributed by atoms with Crippen LogP contribution in [-0.4, -0.2) is 0 Å². The minimum atomic E-state index is 0.493. The lowest BCUT2D eigenvalue weighted by molar-refractivity contribution is 0.477. The second-order valence-corrected chi connectivity index (χ2v) is 6.04. The Labute approximate surface area is 136 Å². The van der Waals surface area contributed by atoms with Crippen LogP contribution in [0.3, 0.4) is 0 Å². The zero-order chi connectivity index (χ0) is 15.0. The van der Waals surface area contributed by atoms with Crippen molar-refractivity contribution in [2.24, 2.45) is 0 Å². The van der Waals surface area contributed by atoms with Crippen LogP contribution >= 0.6 is 27.5 Å². The molecule has 4 heteroatoms. The van der Waals surface area contributed by atoms with Crippen LogP contribution < -0.4 is 10.5 Å². The molecule has 21 heavy (non-hydrogen) atoms. The molecule has 0 aliphatic heterocycles. The molecule has 0 aliphatic rings. The highest BCUT2D eigenvalue weighted by molar-refractivity contribution is 9.10. The molecule has 0 amide bonds. The highest BCUT2D eigenvalue weighted by Crippen LogP contribution is 2.38. The van der Waals surface area contributed by atoms with Crippen molar-refractivity contribution in [3.05, 3.63) is 63.6 Å². The van der Waals surface area contributed by atoms with E-state index in [1.54, 1.807) is 6.07 Å². The molecule has 2 N–H and O–H groups in total. The molecule has 0 bridgehead atoms. The van der Waals surface area contributed by atoms with Crippen molar-refractivity contribution in [3.63, 3.8) is 0 Å². The molecule has 3 rings (SSSR count). The van der Waals surface area contributed by atoms with E-state index in [1.165, 1.54) is 0 Å². The number of hydrogen-bond acceptors (Lipinski definition) is 2. The van der Waals surface area contributed by atoms with Gasteiger partial charge in [0.1, 0.15) is 11.5 Å². The Kier molecular flexibility index (Phi) is 3.79. The van der Waals surface area contributed by atoms with Gasteiger partial charge in [-0.2, -0.15) is 0 Å². The quantitative estimate of drug-likeness (QED) is 0.573. The highest BCUT2D eigenvalue weighted by atomic mass is 79.9. The minimum absolute atomic E-state index is 0.493. The average Bonchev–Trinajstić information content (AvgIpc) is 2.48. The van der Waals surface area contributed by atoms with Crippen LogP contribution in [0.15, 0.2) is 53.0 Å². The van der Waals surface area contributed by atoms with E-state index in [0.29, 0.717) is 16.5 Å². The normalized spacial score (nSPS) is 10.8. The van der Waals surface area contributed by atoms with Crippen molar-refractivity contribution in [1.82, 2.24) is 0 Å². The third kappa shape index (κ3) is 2.71. The fourth-order valence-corrected chi connectivity index (χ4v) is 2.93. The van der Waals surface area contributed by atoms with Gasteiger partial charge in [0.05, 0.1) is 15.2 Å². The van der Waals surface area contributed by atoms with Crippen molar-refractivity contribution in [3.8, 4) is 11.5 Å². The van der Waals surface area contributed by atoms with Gasteiger partial charge in [-0.1, -0.05) is 41.9 Å². The van der Waals surface area contributed by atoms with Gasteiger partial charge in [-0.3, -0.25) is 0 Å². The molecular formula is C17H13BrClNO. The predicted molar refractivity (Wildman–Crippen MR) is 92.3 cm³/mol. The molecule has 0 aliphatic carbocycles. The summed E-state index contributed by atoms with van der Waals surface area (Å²) in [6.45, 7) is 1.94. The molecule has 3 aromatic rings. The number of ether oxygens (including phenoxy) is 1. The summed E-state index contributed by atoms with van der Waals surface area (Å²) in [5, 5.41) is 2.76. The number of anilines is 1. The Balaban J connectivity index is 2.06. The predicted octanol–water partition coefficient (Wildman–Crippen LogP) is 5.94. The fraction of sp³-hybridized carbons (Fsp3) is 0.0588. The summed E-state index contributed by atoms with van der Waals surface area (Å²) in [6.07, 6.45) is 0. The van der Waals surface area contributed by atoms with E-state index >= 15 is 0 Å². The number of benzene rings is 3. The maximum absolute atomic E-state index is 6.07. The Morgan fingerprint density at radius 3 is 2.62 bits per heavy atom. The monoisotopic (exact) mass is 361 g/mol. The Bertz CT molecular complexity index is 832. The number of aryl methyl sites for hydroxylation is 1. The lowest BCUT2D eigenvalue weighted by Crippen LogP contribution is -1.93. The van der Waals surface area contributed by atoms with Gasteiger partial charge in [-0.15, -0.1) is 0 Å². The van der Waals surface area contributed by atoms with Gasteiger partial charge >= 0.3 is 0 Å². The first kappa shape index (κ1) is 14.2. The topological polar surface area (TPSA) is 35.2 Å². The molecule has 0 fully saturated rings. The molecule has 0 saturated heterocycles. The van der Waals surface area contributed by atoms with Crippen molar-refractivity contribution >= 4 is 44.0 Å². The zero-order valence-corrected chi connectivity index (χ0v) is 13.7. The van der Waals surface area contributed by atoms with Gasteiger partial charge in [-0.25, -0.2) is 0 Å². The second kappa shape index (κ2) is 5.58. The van der Waals surface area contributed by atoms with Crippen LogP contribution in [0.5, 0.6) is 11.5 Å². The molecule has 0 atom stereocenters. The van der Waals surface area contributed by atoms with Crippen molar-refractivity contribution in [1.29, 1.82) is 0 Å². The molecular weight excluding hydrogens is 350 g/mol. The van der Waals surface area contributed by atoms with E-state index < -0.39 is 0 Å². The number of fused-ring (bicyclic) bond motifs is 1. The molecule has 0 spiro atoms. The number of rotatable bonds is 2. The van der Waals surface area contributed by atoms with E-state index in [4.69, 9.17) is 22.1 Å². The first-order chi connectivity index (χ1) is 10.1. The summed E-state index contributed by atoms with van der Waals surface area (Å²) in [4.78, 5) is 0. The maximum Gasteiger partial charge on any atom is 0.142 e. The number of hydrogen-bond donors (Lipinski definition) is 1. The van der Waals surface area contributed by atoms with Crippen LogP contribution in [0.4, 0.5) is 5.69 Å². The summed E-state index contributed by atoms with van der Waals surface area (Å²) < 4.78 is 6.92. The lowest BCUT2D eigenvalue weighted by atomic mass is 10.1. The highest BCUT2D eigenvalue weighted by Gasteiger charge is 2.10. The van der Waals surface area contributed by atoms with Gasteiger partial charge in [0.15, 0.2) is 0 Å². The SMILES string of the molecule is Cc1cc(N)c(Cl)cc1Oc1ccc2ccccc2c1Br. The summed E-state index contributed by atoms with van der Waals surface area (Å²) in [5.74, 6) is 1.45. The summed E-state index contributed by atoms with van der Waals surface area (Å²) in [7, 11) is 0. The molecule has 0 saturated carbocycles. The second-order valence-electron chi connectivity index (χ2n) is 4.84. The molecule has 3 aromatic carbocycles. The number of halogens is 2. The molecule has 0 unspecified atom stereocenters. The van der Waals surface area contributed by atoms with Crippen LogP contribution in [-0.2, 0) is 0 Å². The van der Waals surface area contributed by atoms with Gasteiger partial charge in [0.25, 0.3) is 0 Å².